The molecule has 4 rings (SSSR count). The Kier molecular flexibility index (Phi) is 2.42. The molecular weight excluding hydrogens is 234 g/mol. The van der Waals surface area contributed by atoms with Gasteiger partial charge in [-0.1, -0.05) is 30.3 Å². The fourth-order valence-corrected chi connectivity index (χ4v) is 2.99. The molecule has 0 atom stereocenters. The van der Waals surface area contributed by atoms with Crippen molar-refractivity contribution in [1.29, 1.82) is 0 Å². The zero-order chi connectivity index (χ0) is 12.7. The van der Waals surface area contributed by atoms with Gasteiger partial charge in [0.1, 0.15) is 5.82 Å². The zero-order valence-corrected chi connectivity index (χ0v) is 10.9. The van der Waals surface area contributed by atoms with Gasteiger partial charge in [-0.25, -0.2) is 9.97 Å². The third kappa shape index (κ3) is 1.77. The van der Waals surface area contributed by atoms with Crippen LogP contribution in [0, 0.1) is 0 Å². The molecule has 2 aromatic rings. The molecule has 1 aromatic carbocycles. The van der Waals surface area contributed by atoms with Gasteiger partial charge in [0.25, 0.3) is 0 Å². The smallest absolute Gasteiger partial charge is 0.139 e. The maximum Gasteiger partial charge on any atom is 0.139 e. The highest BCUT2D eigenvalue weighted by Crippen LogP contribution is 2.52. The molecule has 1 N–H and O–H groups in total. The van der Waals surface area contributed by atoms with Gasteiger partial charge in [0, 0.05) is 37.0 Å². The number of benzene rings is 1. The van der Waals surface area contributed by atoms with Crippen molar-refractivity contribution in [2.45, 2.75) is 31.2 Å². The van der Waals surface area contributed by atoms with Crippen LogP contribution in [0.3, 0.4) is 0 Å². The maximum absolute atomic E-state index is 4.87. The summed E-state index contributed by atoms with van der Waals surface area (Å²) in [7, 11) is 0. The predicted molar refractivity (Wildman–Crippen MR) is 73.9 cm³/mol. The topological polar surface area (TPSA) is 37.8 Å². The Bertz CT molecular complexity index is 603. The highest BCUT2D eigenvalue weighted by molar-refractivity contribution is 5.40. The molecule has 19 heavy (non-hydrogen) atoms. The minimum Gasteiger partial charge on any atom is -0.312 e. The van der Waals surface area contributed by atoms with E-state index in [1.54, 1.807) is 0 Å². The number of nitrogens with zero attached hydrogens (tertiary/aromatic N) is 2. The second kappa shape index (κ2) is 4.14. The quantitative estimate of drug-likeness (QED) is 0.889. The first-order chi connectivity index (χ1) is 9.38. The lowest BCUT2D eigenvalue weighted by Crippen LogP contribution is -2.26. The summed E-state index contributed by atoms with van der Waals surface area (Å²) in [6.07, 6.45) is 5.39. The van der Waals surface area contributed by atoms with Crippen molar-refractivity contribution in [1.82, 2.24) is 15.3 Å². The summed E-state index contributed by atoms with van der Waals surface area (Å²) in [4.78, 5) is 9.52. The van der Waals surface area contributed by atoms with Gasteiger partial charge < -0.3 is 5.32 Å². The van der Waals surface area contributed by atoms with Gasteiger partial charge in [0.2, 0.25) is 0 Å². The van der Waals surface area contributed by atoms with E-state index in [2.05, 4.69) is 40.6 Å². The first-order valence-electron chi connectivity index (χ1n) is 7.00. The van der Waals surface area contributed by atoms with Crippen LogP contribution in [-0.2, 0) is 18.4 Å². The number of hydrogen-bond donors (Lipinski definition) is 1. The first kappa shape index (κ1) is 11.1. The van der Waals surface area contributed by atoms with Crippen LogP contribution in [-0.4, -0.2) is 16.5 Å². The van der Waals surface area contributed by atoms with E-state index in [-0.39, 0.29) is 5.41 Å². The maximum atomic E-state index is 4.87. The molecule has 3 heteroatoms. The van der Waals surface area contributed by atoms with Crippen LogP contribution in [0.1, 0.15) is 35.5 Å². The fraction of sp³-hybridized carbons (Fsp3) is 0.375. The van der Waals surface area contributed by atoms with Gasteiger partial charge in [-0.05, 0) is 18.4 Å². The average molecular weight is 251 g/mol. The summed E-state index contributed by atoms with van der Waals surface area (Å²) < 4.78 is 0. The van der Waals surface area contributed by atoms with E-state index in [9.17, 15) is 0 Å². The highest BCUT2D eigenvalue weighted by Gasteiger charge is 2.48. The Labute approximate surface area is 113 Å². The summed E-state index contributed by atoms with van der Waals surface area (Å²) in [5.74, 6) is 1.03. The second-order valence-corrected chi connectivity index (χ2v) is 5.54. The lowest BCUT2D eigenvalue weighted by molar-refractivity contribution is 0.611. The SMILES string of the molecule is c1ccc(C2(c3ncc4c(n3)CCNC4)CC2)cc1. The fourth-order valence-electron chi connectivity index (χ4n) is 2.99. The number of aromatic nitrogens is 2. The molecule has 0 bridgehead atoms. The van der Waals surface area contributed by atoms with E-state index >= 15 is 0 Å². The largest absolute Gasteiger partial charge is 0.312 e. The van der Waals surface area contributed by atoms with Gasteiger partial charge in [-0.2, -0.15) is 0 Å². The lowest BCUT2D eigenvalue weighted by Gasteiger charge is -2.19. The monoisotopic (exact) mass is 251 g/mol. The molecule has 0 unspecified atom stereocenters. The van der Waals surface area contributed by atoms with E-state index in [1.807, 2.05) is 6.20 Å². The summed E-state index contributed by atoms with van der Waals surface area (Å²) in [6.45, 7) is 1.94. The van der Waals surface area contributed by atoms with E-state index in [0.717, 1.165) is 25.3 Å². The number of fused-ring (bicyclic) bond motifs is 1. The van der Waals surface area contributed by atoms with Crippen LogP contribution >= 0.6 is 0 Å². The average Bonchev–Trinajstić information content (AvgIpc) is 3.29. The summed E-state index contributed by atoms with van der Waals surface area (Å²) in [5.41, 5.74) is 3.97. The van der Waals surface area contributed by atoms with Crippen molar-refractivity contribution in [3.05, 3.63) is 59.2 Å². The summed E-state index contributed by atoms with van der Waals surface area (Å²) in [6, 6.07) is 10.7. The van der Waals surface area contributed by atoms with E-state index < -0.39 is 0 Å². The minimum atomic E-state index is 0.0984. The Morgan fingerprint density at radius 2 is 1.95 bits per heavy atom. The van der Waals surface area contributed by atoms with Crippen molar-refractivity contribution in [3.63, 3.8) is 0 Å². The van der Waals surface area contributed by atoms with Gasteiger partial charge in [0.15, 0.2) is 0 Å². The van der Waals surface area contributed by atoms with Crippen LogP contribution < -0.4 is 5.32 Å². The standard InChI is InChI=1S/C16H17N3/c1-2-4-13(5-3-1)16(7-8-16)15-18-11-12-10-17-9-6-14(12)19-15/h1-5,11,17H,6-10H2. The van der Waals surface area contributed by atoms with Crippen molar-refractivity contribution >= 4 is 0 Å². The predicted octanol–water partition coefficient (Wildman–Crippen LogP) is 2.20. The molecule has 1 saturated carbocycles. The Balaban J connectivity index is 1.77. The van der Waals surface area contributed by atoms with Crippen LogP contribution in [0.4, 0.5) is 0 Å². The van der Waals surface area contributed by atoms with Gasteiger partial charge in [0.05, 0.1) is 5.41 Å². The minimum absolute atomic E-state index is 0.0984. The van der Waals surface area contributed by atoms with Gasteiger partial charge in [-0.15, -0.1) is 0 Å². The molecule has 0 amide bonds. The third-order valence-corrected chi connectivity index (χ3v) is 4.31. The van der Waals surface area contributed by atoms with Crippen LogP contribution in [0.25, 0.3) is 0 Å². The van der Waals surface area contributed by atoms with Crippen molar-refractivity contribution in [2.75, 3.05) is 6.54 Å². The lowest BCUT2D eigenvalue weighted by atomic mass is 9.94. The zero-order valence-electron chi connectivity index (χ0n) is 10.9. The molecule has 0 saturated heterocycles. The molecule has 0 spiro atoms. The number of hydrogen-bond acceptors (Lipinski definition) is 3. The van der Waals surface area contributed by atoms with Crippen molar-refractivity contribution < 1.29 is 0 Å². The van der Waals surface area contributed by atoms with Crippen LogP contribution in [0.5, 0.6) is 0 Å². The molecule has 1 aromatic heterocycles. The summed E-state index contributed by atoms with van der Waals surface area (Å²) in [5, 5.41) is 3.37. The number of nitrogens with one attached hydrogen (secondary N) is 1. The summed E-state index contributed by atoms with van der Waals surface area (Å²) >= 11 is 0. The Morgan fingerprint density at radius 3 is 2.74 bits per heavy atom. The van der Waals surface area contributed by atoms with Gasteiger partial charge >= 0.3 is 0 Å². The molecule has 0 radical (unpaired) electrons. The number of rotatable bonds is 2. The molecule has 2 heterocycles. The highest BCUT2D eigenvalue weighted by atomic mass is 15.0. The van der Waals surface area contributed by atoms with E-state index in [1.165, 1.54) is 29.7 Å². The van der Waals surface area contributed by atoms with Crippen LogP contribution in [0.15, 0.2) is 36.5 Å². The third-order valence-electron chi connectivity index (χ3n) is 4.31. The second-order valence-electron chi connectivity index (χ2n) is 5.54. The molecule has 2 aliphatic rings. The van der Waals surface area contributed by atoms with E-state index in [0.29, 0.717) is 0 Å². The molecule has 96 valence electrons. The van der Waals surface area contributed by atoms with Crippen LogP contribution in [0.2, 0.25) is 0 Å². The molecule has 1 aliphatic heterocycles. The van der Waals surface area contributed by atoms with Crippen molar-refractivity contribution in [3.8, 4) is 0 Å². The first-order valence-corrected chi connectivity index (χ1v) is 7.00. The molecular formula is C16H17N3. The van der Waals surface area contributed by atoms with Crippen molar-refractivity contribution in [2.24, 2.45) is 0 Å². The molecule has 1 fully saturated rings. The van der Waals surface area contributed by atoms with E-state index in [4.69, 9.17) is 4.98 Å². The molecule has 3 nitrogen and oxygen atoms in total. The van der Waals surface area contributed by atoms with Gasteiger partial charge in [-0.3, -0.25) is 0 Å². The Morgan fingerprint density at radius 1 is 1.11 bits per heavy atom. The normalized spacial score (nSPS) is 19.8. The molecule has 1 aliphatic carbocycles. The Hall–Kier alpha value is -1.74.